The number of pyridine rings is 1. The molecule has 1 aromatic carbocycles. The van der Waals surface area contributed by atoms with Gasteiger partial charge in [0.15, 0.2) is 0 Å². The van der Waals surface area contributed by atoms with E-state index < -0.39 is 6.04 Å². The number of carbonyl (C=O) groups excluding carboxylic acids is 2. The van der Waals surface area contributed by atoms with E-state index >= 15 is 0 Å². The standard InChI is InChI=1S/C22H23N5O2/c1-15-23-9-10-26(15)21-11-17(7-8-24-21)13-25-22(29)20-12-18-5-3-4-6-19(18)14-27(20)16(2)28/h3-11,20H,12-14H2,1-2H3,(H,25,29)/t20-/m1/s1. The van der Waals surface area contributed by atoms with Crippen LogP contribution in [-0.4, -0.2) is 37.3 Å². The number of hydrogen-bond donors (Lipinski definition) is 1. The second-order valence-electron chi connectivity index (χ2n) is 7.22. The molecule has 0 spiro atoms. The fraction of sp³-hybridized carbons (Fsp3) is 0.273. The molecule has 2 aromatic heterocycles. The van der Waals surface area contributed by atoms with Crippen molar-refractivity contribution in [3.05, 3.63) is 77.5 Å². The highest BCUT2D eigenvalue weighted by Gasteiger charge is 2.32. The molecule has 1 aliphatic rings. The van der Waals surface area contributed by atoms with Gasteiger partial charge in [-0.3, -0.25) is 14.2 Å². The summed E-state index contributed by atoms with van der Waals surface area (Å²) in [4.78, 5) is 35.3. The quantitative estimate of drug-likeness (QED) is 0.742. The van der Waals surface area contributed by atoms with Crippen LogP contribution >= 0.6 is 0 Å². The third-order valence-electron chi connectivity index (χ3n) is 5.30. The van der Waals surface area contributed by atoms with Gasteiger partial charge in [0, 0.05) is 45.0 Å². The molecule has 148 valence electrons. The topological polar surface area (TPSA) is 80.1 Å². The molecule has 1 aliphatic heterocycles. The summed E-state index contributed by atoms with van der Waals surface area (Å²) in [5, 5.41) is 2.99. The number of rotatable bonds is 4. The average Bonchev–Trinajstić information content (AvgIpc) is 3.17. The van der Waals surface area contributed by atoms with Gasteiger partial charge in [0.1, 0.15) is 17.7 Å². The van der Waals surface area contributed by atoms with Gasteiger partial charge >= 0.3 is 0 Å². The van der Waals surface area contributed by atoms with Crippen molar-refractivity contribution < 1.29 is 9.59 Å². The van der Waals surface area contributed by atoms with Crippen LogP contribution in [0.2, 0.25) is 0 Å². The van der Waals surface area contributed by atoms with Crippen LogP contribution in [0.4, 0.5) is 0 Å². The van der Waals surface area contributed by atoms with Crippen LogP contribution in [0.25, 0.3) is 5.82 Å². The van der Waals surface area contributed by atoms with Crippen LogP contribution < -0.4 is 5.32 Å². The first-order chi connectivity index (χ1) is 14.0. The van der Waals surface area contributed by atoms with E-state index in [1.165, 1.54) is 6.92 Å². The Morgan fingerprint density at radius 3 is 2.66 bits per heavy atom. The first-order valence-corrected chi connectivity index (χ1v) is 9.60. The molecule has 3 aromatic rings. The molecule has 7 nitrogen and oxygen atoms in total. The van der Waals surface area contributed by atoms with E-state index in [1.807, 2.05) is 54.1 Å². The molecule has 4 rings (SSSR count). The lowest BCUT2D eigenvalue weighted by Gasteiger charge is -2.35. The normalized spacial score (nSPS) is 15.7. The summed E-state index contributed by atoms with van der Waals surface area (Å²) in [7, 11) is 0. The van der Waals surface area contributed by atoms with Gasteiger partial charge in [-0.1, -0.05) is 24.3 Å². The summed E-state index contributed by atoms with van der Waals surface area (Å²) < 4.78 is 1.89. The first-order valence-electron chi connectivity index (χ1n) is 9.60. The fourth-order valence-corrected chi connectivity index (χ4v) is 3.72. The highest BCUT2D eigenvalue weighted by Crippen LogP contribution is 2.23. The van der Waals surface area contributed by atoms with E-state index in [0.29, 0.717) is 19.5 Å². The van der Waals surface area contributed by atoms with Crippen molar-refractivity contribution in [3.8, 4) is 5.82 Å². The van der Waals surface area contributed by atoms with Crippen molar-refractivity contribution in [1.29, 1.82) is 0 Å². The smallest absolute Gasteiger partial charge is 0.243 e. The summed E-state index contributed by atoms with van der Waals surface area (Å²) in [6, 6.07) is 11.3. The molecule has 3 heterocycles. The zero-order valence-electron chi connectivity index (χ0n) is 16.5. The molecule has 1 N–H and O–H groups in total. The van der Waals surface area contributed by atoms with Crippen molar-refractivity contribution in [2.24, 2.45) is 0 Å². The highest BCUT2D eigenvalue weighted by atomic mass is 16.2. The number of aromatic nitrogens is 3. The number of nitrogens with one attached hydrogen (secondary N) is 1. The van der Waals surface area contributed by atoms with Crippen LogP contribution in [0, 0.1) is 6.92 Å². The second kappa shape index (κ2) is 7.87. The predicted molar refractivity (Wildman–Crippen MR) is 108 cm³/mol. The van der Waals surface area contributed by atoms with Gasteiger partial charge in [0.05, 0.1) is 0 Å². The number of amides is 2. The fourth-order valence-electron chi connectivity index (χ4n) is 3.72. The van der Waals surface area contributed by atoms with Crippen molar-refractivity contribution in [1.82, 2.24) is 24.8 Å². The Hall–Kier alpha value is -3.48. The van der Waals surface area contributed by atoms with Crippen molar-refractivity contribution in [2.45, 2.75) is 39.4 Å². The minimum atomic E-state index is -0.500. The summed E-state index contributed by atoms with van der Waals surface area (Å²) in [6.07, 6.45) is 5.82. The molecule has 7 heteroatoms. The Morgan fingerprint density at radius 1 is 1.14 bits per heavy atom. The number of carbonyl (C=O) groups is 2. The molecule has 0 radical (unpaired) electrons. The van der Waals surface area contributed by atoms with Crippen LogP contribution in [0.5, 0.6) is 0 Å². The number of benzene rings is 1. The van der Waals surface area contributed by atoms with Crippen molar-refractivity contribution in [3.63, 3.8) is 0 Å². The number of hydrogen-bond acceptors (Lipinski definition) is 4. The molecule has 0 unspecified atom stereocenters. The molecule has 29 heavy (non-hydrogen) atoms. The van der Waals surface area contributed by atoms with E-state index in [2.05, 4.69) is 15.3 Å². The third-order valence-corrected chi connectivity index (χ3v) is 5.30. The van der Waals surface area contributed by atoms with E-state index in [0.717, 1.165) is 28.3 Å². The van der Waals surface area contributed by atoms with Crippen LogP contribution in [0.3, 0.4) is 0 Å². The lowest BCUT2D eigenvalue weighted by Crippen LogP contribution is -2.51. The molecular formula is C22H23N5O2. The molecule has 0 bridgehead atoms. The molecule has 2 amide bonds. The lowest BCUT2D eigenvalue weighted by atomic mass is 9.93. The van der Waals surface area contributed by atoms with E-state index in [4.69, 9.17) is 0 Å². The molecule has 0 aliphatic carbocycles. The Kier molecular flexibility index (Phi) is 5.12. The van der Waals surface area contributed by atoms with E-state index in [-0.39, 0.29) is 11.8 Å². The first kappa shape index (κ1) is 18.9. The highest BCUT2D eigenvalue weighted by molar-refractivity contribution is 5.87. The third kappa shape index (κ3) is 3.89. The molecule has 0 saturated carbocycles. The molecule has 1 atom stereocenters. The second-order valence-corrected chi connectivity index (χ2v) is 7.22. The van der Waals surface area contributed by atoms with E-state index in [9.17, 15) is 9.59 Å². The minimum absolute atomic E-state index is 0.0959. The van der Waals surface area contributed by atoms with Gasteiger partial charge in [0.2, 0.25) is 11.8 Å². The van der Waals surface area contributed by atoms with Gasteiger partial charge in [-0.25, -0.2) is 9.97 Å². The zero-order chi connectivity index (χ0) is 20.4. The number of aryl methyl sites for hydroxylation is 1. The largest absolute Gasteiger partial charge is 0.350 e. The Morgan fingerprint density at radius 2 is 1.93 bits per heavy atom. The summed E-state index contributed by atoms with van der Waals surface area (Å²) in [6.45, 7) is 4.25. The van der Waals surface area contributed by atoms with Gasteiger partial charge in [-0.2, -0.15) is 0 Å². The number of imidazole rings is 1. The van der Waals surface area contributed by atoms with Gasteiger partial charge in [-0.15, -0.1) is 0 Å². The minimum Gasteiger partial charge on any atom is -0.350 e. The van der Waals surface area contributed by atoms with Gasteiger partial charge < -0.3 is 10.2 Å². The molecular weight excluding hydrogens is 366 g/mol. The Labute approximate surface area is 169 Å². The Balaban J connectivity index is 1.48. The van der Waals surface area contributed by atoms with Crippen molar-refractivity contribution in [2.75, 3.05) is 0 Å². The van der Waals surface area contributed by atoms with Crippen LogP contribution in [0.15, 0.2) is 55.0 Å². The zero-order valence-corrected chi connectivity index (χ0v) is 16.5. The monoisotopic (exact) mass is 389 g/mol. The summed E-state index contributed by atoms with van der Waals surface area (Å²) in [5.74, 6) is 1.36. The van der Waals surface area contributed by atoms with Crippen LogP contribution in [0.1, 0.15) is 29.4 Å². The molecule has 0 saturated heterocycles. The van der Waals surface area contributed by atoms with Gasteiger partial charge in [-0.05, 0) is 35.7 Å². The average molecular weight is 389 g/mol. The lowest BCUT2D eigenvalue weighted by molar-refractivity contribution is -0.140. The van der Waals surface area contributed by atoms with Crippen molar-refractivity contribution >= 4 is 11.8 Å². The Bertz CT molecular complexity index is 1060. The summed E-state index contributed by atoms with van der Waals surface area (Å²) >= 11 is 0. The molecule has 0 fully saturated rings. The predicted octanol–water partition coefficient (Wildman–Crippen LogP) is 2.17. The SMILES string of the molecule is CC(=O)N1Cc2ccccc2C[C@@H]1C(=O)NCc1ccnc(-n2ccnc2C)c1. The number of fused-ring (bicyclic) bond motifs is 1. The maximum Gasteiger partial charge on any atom is 0.243 e. The van der Waals surface area contributed by atoms with E-state index in [1.54, 1.807) is 17.3 Å². The maximum absolute atomic E-state index is 12.9. The summed E-state index contributed by atoms with van der Waals surface area (Å²) in [5.41, 5.74) is 3.15. The van der Waals surface area contributed by atoms with Crippen LogP contribution in [-0.2, 0) is 29.1 Å². The number of nitrogens with zero attached hydrogens (tertiary/aromatic N) is 4. The maximum atomic E-state index is 12.9. The van der Waals surface area contributed by atoms with Gasteiger partial charge in [0.25, 0.3) is 0 Å².